The number of rotatable bonds is 4. The summed E-state index contributed by atoms with van der Waals surface area (Å²) in [6, 6.07) is 6.14. The molecule has 1 heterocycles. The molecule has 1 aliphatic heterocycles. The van der Waals surface area contributed by atoms with E-state index in [1.807, 2.05) is 6.92 Å². The zero-order valence-electron chi connectivity index (χ0n) is 11.9. The maximum Gasteiger partial charge on any atom is 0.0691 e. The minimum Gasteiger partial charge on any atom is -0.377 e. The van der Waals surface area contributed by atoms with Gasteiger partial charge in [-0.2, -0.15) is 0 Å². The molecule has 0 aromatic heterocycles. The van der Waals surface area contributed by atoms with Gasteiger partial charge in [0.05, 0.1) is 11.4 Å². The van der Waals surface area contributed by atoms with Crippen LogP contribution in [0.3, 0.4) is 0 Å². The Kier molecular flexibility index (Phi) is 4.76. The van der Waals surface area contributed by atoms with Gasteiger partial charge in [-0.3, -0.25) is 4.21 Å². The monoisotopic (exact) mass is 281 g/mol. The zero-order chi connectivity index (χ0) is 14.0. The van der Waals surface area contributed by atoms with Crippen molar-refractivity contribution in [1.29, 1.82) is 0 Å². The molecule has 0 radical (unpaired) electrons. The third-order valence-electron chi connectivity index (χ3n) is 3.66. The lowest BCUT2D eigenvalue weighted by Gasteiger charge is -2.18. The highest BCUT2D eigenvalue weighted by molar-refractivity contribution is 7.85. The summed E-state index contributed by atoms with van der Waals surface area (Å²) in [5.41, 5.74) is 9.70. The van der Waals surface area contributed by atoms with Gasteiger partial charge in [-0.15, -0.1) is 0 Å². The van der Waals surface area contributed by atoms with E-state index >= 15 is 0 Å². The van der Waals surface area contributed by atoms with Gasteiger partial charge in [0, 0.05) is 29.2 Å². The fraction of sp³-hybridized carbons (Fsp3) is 0.600. The highest BCUT2D eigenvalue weighted by Crippen LogP contribution is 2.22. The molecule has 4 atom stereocenters. The average Bonchev–Trinajstić information content (AvgIpc) is 2.74. The smallest absolute Gasteiger partial charge is 0.0691 e. The molecule has 1 aromatic rings. The predicted octanol–water partition coefficient (Wildman–Crippen LogP) is 2.23. The van der Waals surface area contributed by atoms with Crippen molar-refractivity contribution in [3.8, 4) is 0 Å². The summed E-state index contributed by atoms with van der Waals surface area (Å²) >= 11 is 0. The molecule has 4 heteroatoms. The summed E-state index contributed by atoms with van der Waals surface area (Å²) in [4.78, 5) is 0. The Bertz CT molecular complexity index is 455. The van der Waals surface area contributed by atoms with Crippen molar-refractivity contribution in [2.45, 2.75) is 44.6 Å². The second-order valence-electron chi connectivity index (χ2n) is 5.48. The first-order chi connectivity index (χ1) is 8.97. The molecule has 0 amide bonds. The molecule has 19 heavy (non-hydrogen) atoms. The number of aryl methyl sites for hydroxylation is 2. The molecular weight excluding hydrogens is 258 g/mol. The molecule has 1 saturated heterocycles. The average molecular weight is 281 g/mol. The summed E-state index contributed by atoms with van der Waals surface area (Å²) in [5.74, 6) is 0.515. The number of hydrogen-bond acceptors (Lipinski definition) is 3. The summed E-state index contributed by atoms with van der Waals surface area (Å²) in [6.45, 7) is 6.84. The molecule has 1 aliphatic rings. The van der Waals surface area contributed by atoms with E-state index in [1.54, 1.807) is 0 Å². The summed E-state index contributed by atoms with van der Waals surface area (Å²) in [6.07, 6.45) is 0.972. The zero-order valence-corrected chi connectivity index (χ0v) is 12.7. The van der Waals surface area contributed by atoms with Crippen LogP contribution in [-0.2, 0) is 15.5 Å². The summed E-state index contributed by atoms with van der Waals surface area (Å²) in [7, 11) is -0.919. The van der Waals surface area contributed by atoms with Crippen LogP contribution in [-0.4, -0.2) is 27.9 Å². The predicted molar refractivity (Wildman–Crippen MR) is 79.7 cm³/mol. The van der Waals surface area contributed by atoms with Gasteiger partial charge in [-0.1, -0.05) is 29.3 Å². The van der Waals surface area contributed by atoms with Crippen molar-refractivity contribution in [1.82, 2.24) is 0 Å². The Hall–Kier alpha value is -0.710. The van der Waals surface area contributed by atoms with Crippen LogP contribution in [0.4, 0.5) is 0 Å². The van der Waals surface area contributed by atoms with Gasteiger partial charge in [0.2, 0.25) is 0 Å². The van der Waals surface area contributed by atoms with Gasteiger partial charge in [0.25, 0.3) is 0 Å². The third kappa shape index (κ3) is 3.65. The Morgan fingerprint density at radius 3 is 2.53 bits per heavy atom. The van der Waals surface area contributed by atoms with Gasteiger partial charge < -0.3 is 10.5 Å². The molecule has 1 fully saturated rings. The van der Waals surface area contributed by atoms with E-state index < -0.39 is 10.8 Å². The number of ether oxygens (including phenoxy) is 1. The quantitative estimate of drug-likeness (QED) is 0.921. The second-order valence-corrected chi connectivity index (χ2v) is 7.18. The molecule has 2 rings (SSSR count). The lowest BCUT2D eigenvalue weighted by molar-refractivity contribution is 0.127. The Morgan fingerprint density at radius 1 is 1.37 bits per heavy atom. The van der Waals surface area contributed by atoms with Gasteiger partial charge in [0.1, 0.15) is 0 Å². The second kappa shape index (κ2) is 6.16. The molecule has 0 aliphatic carbocycles. The number of hydrogen-bond donors (Lipinski definition) is 1. The Labute approximate surface area is 118 Å². The lowest BCUT2D eigenvalue weighted by Crippen LogP contribution is -2.29. The van der Waals surface area contributed by atoms with Crippen LogP contribution in [0.1, 0.15) is 36.1 Å². The Morgan fingerprint density at radius 2 is 2.00 bits per heavy atom. The van der Waals surface area contributed by atoms with E-state index in [4.69, 9.17) is 10.5 Å². The van der Waals surface area contributed by atoms with E-state index in [0.717, 1.165) is 18.6 Å². The highest BCUT2D eigenvalue weighted by Gasteiger charge is 2.30. The standard InChI is InChI=1S/C15H23NO2S/c1-10-6-11(2)8-13(7-10)14(16)9-19(17)15-4-5-18-12(15)3/h6-8,12,14-15H,4-5,9,16H2,1-3H3. The maximum atomic E-state index is 12.4. The third-order valence-corrected chi connectivity index (χ3v) is 5.64. The highest BCUT2D eigenvalue weighted by atomic mass is 32.2. The number of benzene rings is 1. The van der Waals surface area contributed by atoms with Crippen LogP contribution in [0.15, 0.2) is 18.2 Å². The van der Waals surface area contributed by atoms with Crippen molar-refractivity contribution < 1.29 is 8.95 Å². The van der Waals surface area contributed by atoms with Crippen LogP contribution < -0.4 is 5.73 Å². The largest absolute Gasteiger partial charge is 0.377 e. The first-order valence-electron chi connectivity index (χ1n) is 6.80. The molecule has 2 N–H and O–H groups in total. The van der Waals surface area contributed by atoms with Crippen molar-refractivity contribution in [2.75, 3.05) is 12.4 Å². The van der Waals surface area contributed by atoms with Crippen LogP contribution in [0.5, 0.6) is 0 Å². The van der Waals surface area contributed by atoms with E-state index in [1.165, 1.54) is 11.1 Å². The fourth-order valence-electron chi connectivity index (χ4n) is 2.68. The van der Waals surface area contributed by atoms with Crippen LogP contribution in [0.2, 0.25) is 0 Å². The molecule has 4 unspecified atom stereocenters. The fourth-order valence-corrected chi connectivity index (χ4v) is 4.34. The minimum absolute atomic E-state index is 0.0901. The van der Waals surface area contributed by atoms with Gasteiger partial charge >= 0.3 is 0 Å². The van der Waals surface area contributed by atoms with Crippen molar-refractivity contribution in [2.24, 2.45) is 5.73 Å². The molecular formula is C15H23NO2S. The van der Waals surface area contributed by atoms with Crippen molar-refractivity contribution in [3.05, 3.63) is 34.9 Å². The molecule has 3 nitrogen and oxygen atoms in total. The van der Waals surface area contributed by atoms with E-state index in [0.29, 0.717) is 5.75 Å². The van der Waals surface area contributed by atoms with Crippen LogP contribution in [0.25, 0.3) is 0 Å². The van der Waals surface area contributed by atoms with Gasteiger partial charge in [-0.25, -0.2) is 0 Å². The van der Waals surface area contributed by atoms with Crippen LogP contribution >= 0.6 is 0 Å². The summed E-state index contributed by atoms with van der Waals surface area (Å²) in [5, 5.41) is 0.136. The lowest BCUT2D eigenvalue weighted by atomic mass is 10.0. The molecule has 106 valence electrons. The molecule has 1 aromatic carbocycles. The Balaban J connectivity index is 2.04. The van der Waals surface area contributed by atoms with Gasteiger partial charge in [0.15, 0.2) is 0 Å². The molecule has 0 bridgehead atoms. The summed E-state index contributed by atoms with van der Waals surface area (Å²) < 4.78 is 17.8. The normalized spacial score (nSPS) is 26.3. The van der Waals surface area contributed by atoms with E-state index in [2.05, 4.69) is 32.0 Å². The molecule has 0 saturated carbocycles. The minimum atomic E-state index is -0.919. The van der Waals surface area contributed by atoms with E-state index in [-0.39, 0.29) is 17.4 Å². The topological polar surface area (TPSA) is 52.3 Å². The SMILES string of the molecule is Cc1cc(C)cc(C(N)CS(=O)C2CCOC2C)c1. The van der Waals surface area contributed by atoms with Crippen molar-refractivity contribution in [3.63, 3.8) is 0 Å². The van der Waals surface area contributed by atoms with E-state index in [9.17, 15) is 4.21 Å². The van der Waals surface area contributed by atoms with Crippen LogP contribution in [0, 0.1) is 13.8 Å². The van der Waals surface area contributed by atoms with Crippen molar-refractivity contribution >= 4 is 10.8 Å². The first kappa shape index (κ1) is 14.7. The van der Waals surface area contributed by atoms with Gasteiger partial charge in [-0.05, 0) is 32.8 Å². The number of nitrogens with two attached hydrogens (primary N) is 1. The first-order valence-corrected chi connectivity index (χ1v) is 8.18. The maximum absolute atomic E-state index is 12.4. The molecule has 0 spiro atoms.